The Labute approximate surface area is 130 Å². The minimum atomic E-state index is -0.503. The highest BCUT2D eigenvalue weighted by molar-refractivity contribution is 9.10. The summed E-state index contributed by atoms with van der Waals surface area (Å²) in [5, 5.41) is 0. The third kappa shape index (κ3) is 3.52. The Morgan fingerprint density at radius 2 is 2.15 bits per heavy atom. The number of rotatable bonds is 5. The lowest BCUT2D eigenvalue weighted by atomic mass is 10.2. The maximum absolute atomic E-state index is 14.0. The topological polar surface area (TPSA) is 48.1 Å². The molecule has 0 saturated carbocycles. The summed E-state index contributed by atoms with van der Waals surface area (Å²) in [6.45, 7) is 0.340. The molecule has 0 unspecified atom stereocenters. The van der Waals surface area contributed by atoms with Gasteiger partial charge in [-0.2, -0.15) is 0 Å². The number of nitrogens with zero attached hydrogens (tertiary/aromatic N) is 1. The molecule has 0 aliphatic rings. The van der Waals surface area contributed by atoms with Crippen molar-refractivity contribution in [3.63, 3.8) is 0 Å². The van der Waals surface area contributed by atoms with Gasteiger partial charge >= 0.3 is 0 Å². The predicted octanol–water partition coefficient (Wildman–Crippen LogP) is 3.24. The molecule has 0 aliphatic carbocycles. The number of hydrogen-bond donors (Lipinski definition) is 1. The zero-order valence-corrected chi connectivity index (χ0v) is 12.9. The van der Waals surface area contributed by atoms with Gasteiger partial charge < -0.3 is 10.5 Å². The minimum absolute atomic E-state index is 0.135. The molecule has 2 N–H and O–H groups in total. The van der Waals surface area contributed by atoms with Crippen LogP contribution in [0.15, 0.2) is 41.0 Å². The maximum Gasteiger partial charge on any atom is 0.179 e. The van der Waals surface area contributed by atoms with Gasteiger partial charge in [0.15, 0.2) is 11.6 Å². The van der Waals surface area contributed by atoms with Crippen LogP contribution in [-0.4, -0.2) is 16.6 Å². The van der Waals surface area contributed by atoms with Gasteiger partial charge in [0.1, 0.15) is 4.99 Å². The molecule has 1 heterocycles. The molecule has 1 aromatic heterocycles. The molecule has 104 valence electrons. The highest BCUT2D eigenvalue weighted by Gasteiger charge is 2.13. The summed E-state index contributed by atoms with van der Waals surface area (Å²) >= 11 is 7.97. The van der Waals surface area contributed by atoms with Crippen molar-refractivity contribution >= 4 is 33.1 Å². The second-order valence-corrected chi connectivity index (χ2v) is 5.26. The lowest BCUT2D eigenvalue weighted by Crippen LogP contribution is -2.11. The van der Waals surface area contributed by atoms with Crippen molar-refractivity contribution in [1.82, 2.24) is 4.98 Å². The fourth-order valence-corrected chi connectivity index (χ4v) is 2.49. The number of aromatic nitrogens is 1. The van der Waals surface area contributed by atoms with Gasteiger partial charge in [-0.05, 0) is 40.2 Å². The molecule has 0 spiro atoms. The first-order valence-corrected chi connectivity index (χ1v) is 7.10. The molecule has 2 aromatic rings. The number of halogens is 2. The summed E-state index contributed by atoms with van der Waals surface area (Å²) in [5.41, 5.74) is 6.84. The average Bonchev–Trinajstić information content (AvgIpc) is 2.44. The van der Waals surface area contributed by atoms with Crippen LogP contribution in [0.5, 0.6) is 5.75 Å². The number of ether oxygens (including phenoxy) is 1. The van der Waals surface area contributed by atoms with E-state index in [4.69, 9.17) is 22.7 Å². The van der Waals surface area contributed by atoms with E-state index in [9.17, 15) is 4.39 Å². The largest absolute Gasteiger partial charge is 0.490 e. The molecule has 0 radical (unpaired) electrons. The minimum Gasteiger partial charge on any atom is -0.490 e. The van der Waals surface area contributed by atoms with Crippen LogP contribution in [0.3, 0.4) is 0 Å². The van der Waals surface area contributed by atoms with E-state index in [0.717, 1.165) is 5.69 Å². The summed E-state index contributed by atoms with van der Waals surface area (Å²) in [6, 6.07) is 8.79. The van der Waals surface area contributed by atoms with Crippen molar-refractivity contribution in [2.24, 2.45) is 5.73 Å². The van der Waals surface area contributed by atoms with Crippen LogP contribution in [-0.2, 0) is 6.42 Å². The Bertz CT molecular complexity index is 622. The molecule has 1 aromatic carbocycles. The molecule has 20 heavy (non-hydrogen) atoms. The third-order valence-corrected chi connectivity index (χ3v) is 3.65. The van der Waals surface area contributed by atoms with Crippen LogP contribution in [0.4, 0.5) is 4.39 Å². The maximum atomic E-state index is 14.0. The monoisotopic (exact) mass is 354 g/mol. The predicted molar refractivity (Wildman–Crippen MR) is 83.4 cm³/mol. The summed E-state index contributed by atoms with van der Waals surface area (Å²) < 4.78 is 19.7. The van der Waals surface area contributed by atoms with Crippen molar-refractivity contribution in [3.8, 4) is 5.75 Å². The molecule has 3 nitrogen and oxygen atoms in total. The quantitative estimate of drug-likeness (QED) is 0.837. The second kappa shape index (κ2) is 6.76. The van der Waals surface area contributed by atoms with Gasteiger partial charge in [0.2, 0.25) is 0 Å². The van der Waals surface area contributed by atoms with Gasteiger partial charge in [-0.1, -0.05) is 18.3 Å². The second-order valence-electron chi connectivity index (χ2n) is 4.02. The first-order chi connectivity index (χ1) is 9.59. The lowest BCUT2D eigenvalue weighted by Gasteiger charge is -2.10. The normalized spacial score (nSPS) is 10.3. The fourth-order valence-electron chi connectivity index (χ4n) is 1.65. The number of nitrogens with two attached hydrogens (primary N) is 1. The number of pyridine rings is 1. The van der Waals surface area contributed by atoms with Crippen LogP contribution >= 0.6 is 28.1 Å². The van der Waals surface area contributed by atoms with Crippen molar-refractivity contribution in [2.75, 3.05) is 6.61 Å². The molecule has 0 bridgehead atoms. The molecule has 6 heteroatoms. The molecule has 2 rings (SSSR count). The Morgan fingerprint density at radius 3 is 2.80 bits per heavy atom. The Morgan fingerprint density at radius 1 is 1.35 bits per heavy atom. The van der Waals surface area contributed by atoms with Crippen LogP contribution in [0.2, 0.25) is 0 Å². The highest BCUT2D eigenvalue weighted by atomic mass is 79.9. The van der Waals surface area contributed by atoms with Gasteiger partial charge in [0.25, 0.3) is 0 Å². The zero-order valence-electron chi connectivity index (χ0n) is 10.5. The number of hydrogen-bond acceptors (Lipinski definition) is 3. The third-order valence-electron chi connectivity index (χ3n) is 2.65. The van der Waals surface area contributed by atoms with Gasteiger partial charge in [0.05, 0.1) is 11.1 Å². The zero-order chi connectivity index (χ0) is 14.5. The average molecular weight is 355 g/mol. The Kier molecular flexibility index (Phi) is 5.03. The van der Waals surface area contributed by atoms with Gasteiger partial charge in [-0.3, -0.25) is 4.98 Å². The molecule has 0 amide bonds. The van der Waals surface area contributed by atoms with Crippen molar-refractivity contribution < 1.29 is 9.13 Å². The van der Waals surface area contributed by atoms with E-state index in [0.29, 0.717) is 18.6 Å². The van der Waals surface area contributed by atoms with Gasteiger partial charge in [-0.25, -0.2) is 4.39 Å². The van der Waals surface area contributed by atoms with Gasteiger partial charge in [0, 0.05) is 23.9 Å². The summed E-state index contributed by atoms with van der Waals surface area (Å²) in [5.74, 6) is -0.343. The fraction of sp³-hybridized carbons (Fsp3) is 0.143. The Hall–Kier alpha value is -1.53. The molecular formula is C14H12BrFN2OS. The van der Waals surface area contributed by atoms with E-state index in [1.54, 1.807) is 12.3 Å². The smallest absolute Gasteiger partial charge is 0.179 e. The summed E-state index contributed by atoms with van der Waals surface area (Å²) in [7, 11) is 0. The number of benzene rings is 1. The highest BCUT2D eigenvalue weighted by Crippen LogP contribution is 2.28. The summed E-state index contributed by atoms with van der Waals surface area (Å²) in [4.78, 5) is 4.31. The lowest BCUT2D eigenvalue weighted by molar-refractivity contribution is 0.303. The van der Waals surface area contributed by atoms with E-state index >= 15 is 0 Å². The van der Waals surface area contributed by atoms with Crippen molar-refractivity contribution in [2.45, 2.75) is 6.42 Å². The van der Waals surface area contributed by atoms with Crippen LogP contribution in [0.1, 0.15) is 11.3 Å². The SMILES string of the molecule is NC(=S)c1ccc(OCCc2ccccn2)c(F)c1Br. The van der Waals surface area contributed by atoms with Gasteiger partial charge in [-0.15, -0.1) is 0 Å². The van der Waals surface area contributed by atoms with Crippen LogP contribution in [0.25, 0.3) is 0 Å². The first-order valence-electron chi connectivity index (χ1n) is 5.90. The van der Waals surface area contributed by atoms with E-state index < -0.39 is 5.82 Å². The molecule has 0 atom stereocenters. The van der Waals surface area contributed by atoms with Crippen molar-refractivity contribution in [3.05, 3.63) is 58.1 Å². The molecule has 0 saturated heterocycles. The van der Waals surface area contributed by atoms with E-state index in [1.165, 1.54) is 6.07 Å². The van der Waals surface area contributed by atoms with Crippen molar-refractivity contribution in [1.29, 1.82) is 0 Å². The van der Waals surface area contributed by atoms with E-state index in [1.807, 2.05) is 18.2 Å². The number of thiocarbonyl (C=S) groups is 1. The van der Waals surface area contributed by atoms with Crippen LogP contribution < -0.4 is 10.5 Å². The van der Waals surface area contributed by atoms with E-state index in [2.05, 4.69) is 20.9 Å². The summed E-state index contributed by atoms with van der Waals surface area (Å²) in [6.07, 6.45) is 2.32. The molecule has 0 fully saturated rings. The molecular weight excluding hydrogens is 343 g/mol. The Balaban J connectivity index is 2.04. The van der Waals surface area contributed by atoms with Crippen LogP contribution in [0, 0.1) is 5.82 Å². The standard InChI is InChI=1S/C14H12BrFN2OS/c15-12-10(14(17)20)4-5-11(13(12)16)19-8-6-9-3-1-2-7-18-9/h1-5,7H,6,8H2,(H2,17,20). The first kappa shape index (κ1) is 14.9. The van der Waals surface area contributed by atoms with E-state index in [-0.39, 0.29) is 15.2 Å². The molecule has 0 aliphatic heterocycles.